The van der Waals surface area contributed by atoms with Crippen molar-refractivity contribution in [2.45, 2.75) is 45.0 Å². The lowest BCUT2D eigenvalue weighted by molar-refractivity contribution is 0.219. The van der Waals surface area contributed by atoms with Gasteiger partial charge in [0.25, 0.3) is 0 Å². The minimum Gasteiger partial charge on any atom is -0.544 e. The molecule has 0 amide bonds. The van der Waals surface area contributed by atoms with Crippen LogP contribution < -0.4 is 4.43 Å². The molecule has 2 rings (SSSR count). The lowest BCUT2D eigenvalue weighted by atomic mass is 10.0. The van der Waals surface area contributed by atoms with E-state index in [0.717, 1.165) is 11.3 Å². The number of hydrogen-bond donors (Lipinski definition) is 1. The van der Waals surface area contributed by atoms with Gasteiger partial charge in [-0.3, -0.25) is 0 Å². The van der Waals surface area contributed by atoms with Crippen LogP contribution in [0.15, 0.2) is 48.5 Å². The van der Waals surface area contributed by atoms with Gasteiger partial charge in [0.15, 0.2) is 0 Å². The maximum Gasteiger partial charge on any atom is 0.250 e. The van der Waals surface area contributed by atoms with Gasteiger partial charge in [0, 0.05) is 0 Å². The summed E-state index contributed by atoms with van der Waals surface area (Å²) in [6.45, 7) is 11.0. The Morgan fingerprint density at radius 3 is 2.13 bits per heavy atom. The molecule has 23 heavy (non-hydrogen) atoms. The zero-order chi connectivity index (χ0) is 17.3. The number of halogens is 1. The van der Waals surface area contributed by atoms with Crippen LogP contribution in [-0.4, -0.2) is 13.4 Å². The average Bonchev–Trinajstić information content (AvgIpc) is 2.46. The van der Waals surface area contributed by atoms with Gasteiger partial charge < -0.3 is 9.53 Å². The summed E-state index contributed by atoms with van der Waals surface area (Å²) >= 11 is 0. The standard InChI is InChI=1S/C19H25FO2Si/c1-19(2,3)23(4,5)22-17-11-9-14(10-12-17)18(21)15-7-6-8-16(20)13-15/h6-13,18,21H,1-5H3. The molecule has 0 fully saturated rings. The van der Waals surface area contributed by atoms with Crippen LogP contribution in [0, 0.1) is 5.82 Å². The molecule has 0 spiro atoms. The lowest BCUT2D eigenvalue weighted by Gasteiger charge is -2.36. The summed E-state index contributed by atoms with van der Waals surface area (Å²) in [5, 5.41) is 10.5. The Labute approximate surface area is 139 Å². The van der Waals surface area contributed by atoms with E-state index in [-0.39, 0.29) is 10.9 Å². The van der Waals surface area contributed by atoms with Gasteiger partial charge in [-0.15, -0.1) is 0 Å². The minimum absolute atomic E-state index is 0.132. The van der Waals surface area contributed by atoms with Crippen molar-refractivity contribution in [2.24, 2.45) is 0 Å². The number of rotatable bonds is 4. The highest BCUT2D eigenvalue weighted by atomic mass is 28.4. The summed E-state index contributed by atoms with van der Waals surface area (Å²) in [4.78, 5) is 0. The van der Waals surface area contributed by atoms with Gasteiger partial charge >= 0.3 is 0 Å². The molecule has 0 saturated heterocycles. The van der Waals surface area contributed by atoms with Crippen LogP contribution >= 0.6 is 0 Å². The third-order valence-electron chi connectivity index (χ3n) is 4.54. The fourth-order valence-electron chi connectivity index (χ4n) is 2.04. The Hall–Kier alpha value is -1.65. The summed E-state index contributed by atoms with van der Waals surface area (Å²) in [7, 11) is -1.87. The topological polar surface area (TPSA) is 29.5 Å². The fourth-order valence-corrected chi connectivity index (χ4v) is 3.07. The minimum atomic E-state index is -1.87. The molecule has 0 radical (unpaired) electrons. The number of hydrogen-bond acceptors (Lipinski definition) is 2. The smallest absolute Gasteiger partial charge is 0.250 e. The molecule has 0 aromatic heterocycles. The van der Waals surface area contributed by atoms with Crippen molar-refractivity contribution in [1.82, 2.24) is 0 Å². The van der Waals surface area contributed by atoms with E-state index < -0.39 is 14.4 Å². The highest BCUT2D eigenvalue weighted by molar-refractivity contribution is 6.74. The summed E-state index contributed by atoms with van der Waals surface area (Å²) in [6.07, 6.45) is -0.840. The monoisotopic (exact) mass is 332 g/mol. The Kier molecular flexibility index (Phi) is 4.97. The van der Waals surface area contributed by atoms with Crippen LogP contribution in [0.3, 0.4) is 0 Å². The van der Waals surface area contributed by atoms with E-state index in [1.54, 1.807) is 12.1 Å². The zero-order valence-corrected chi connectivity index (χ0v) is 15.4. The Morgan fingerprint density at radius 1 is 1.00 bits per heavy atom. The first kappa shape index (κ1) is 17.7. The molecular formula is C19H25FO2Si. The predicted octanol–water partition coefficient (Wildman–Crippen LogP) is 5.29. The maximum atomic E-state index is 13.3. The molecule has 124 valence electrons. The SMILES string of the molecule is CC(C)(C)[Si](C)(C)Oc1ccc(C(O)c2cccc(F)c2)cc1. The molecule has 4 heteroatoms. The van der Waals surface area contributed by atoms with Crippen LogP contribution in [0.5, 0.6) is 5.75 Å². The molecule has 0 aliphatic rings. The maximum absolute atomic E-state index is 13.3. The summed E-state index contributed by atoms with van der Waals surface area (Å²) in [5.74, 6) is 0.464. The Morgan fingerprint density at radius 2 is 1.61 bits per heavy atom. The molecule has 2 nitrogen and oxygen atoms in total. The molecule has 2 aromatic rings. The molecule has 0 aliphatic heterocycles. The van der Waals surface area contributed by atoms with Crippen molar-refractivity contribution in [3.05, 3.63) is 65.5 Å². The number of aliphatic hydroxyl groups excluding tert-OH is 1. The van der Waals surface area contributed by atoms with E-state index >= 15 is 0 Å². The van der Waals surface area contributed by atoms with Crippen LogP contribution in [0.25, 0.3) is 0 Å². The van der Waals surface area contributed by atoms with E-state index in [1.807, 2.05) is 24.3 Å². The van der Waals surface area contributed by atoms with Crippen molar-refractivity contribution in [3.63, 3.8) is 0 Å². The van der Waals surface area contributed by atoms with Crippen molar-refractivity contribution in [3.8, 4) is 5.75 Å². The average molecular weight is 332 g/mol. The van der Waals surface area contributed by atoms with Crippen LogP contribution in [0.4, 0.5) is 4.39 Å². The van der Waals surface area contributed by atoms with Crippen molar-refractivity contribution in [2.75, 3.05) is 0 Å². The quantitative estimate of drug-likeness (QED) is 0.771. The highest BCUT2D eigenvalue weighted by Gasteiger charge is 2.38. The molecule has 0 heterocycles. The molecule has 0 aliphatic carbocycles. The lowest BCUT2D eigenvalue weighted by Crippen LogP contribution is -2.43. The second-order valence-corrected chi connectivity index (χ2v) is 12.1. The first-order valence-electron chi connectivity index (χ1n) is 7.83. The molecule has 0 bridgehead atoms. The summed E-state index contributed by atoms with van der Waals surface area (Å²) < 4.78 is 19.5. The molecule has 0 saturated carbocycles. The first-order chi connectivity index (χ1) is 10.6. The van der Waals surface area contributed by atoms with Gasteiger partial charge in [-0.05, 0) is 53.5 Å². The van der Waals surface area contributed by atoms with Gasteiger partial charge in [-0.1, -0.05) is 45.0 Å². The third kappa shape index (κ3) is 4.21. The van der Waals surface area contributed by atoms with E-state index in [4.69, 9.17) is 4.43 Å². The Balaban J connectivity index is 2.17. The third-order valence-corrected chi connectivity index (χ3v) is 8.90. The molecule has 2 aromatic carbocycles. The van der Waals surface area contributed by atoms with Crippen molar-refractivity contribution >= 4 is 8.32 Å². The van der Waals surface area contributed by atoms with E-state index in [2.05, 4.69) is 33.9 Å². The molecule has 1 N–H and O–H groups in total. The molecule has 1 atom stereocenters. The van der Waals surface area contributed by atoms with Crippen molar-refractivity contribution < 1.29 is 13.9 Å². The summed E-state index contributed by atoms with van der Waals surface area (Å²) in [6, 6.07) is 13.4. The second kappa shape index (κ2) is 6.46. The van der Waals surface area contributed by atoms with Gasteiger partial charge in [-0.25, -0.2) is 4.39 Å². The Bertz CT molecular complexity index is 660. The predicted molar refractivity (Wildman–Crippen MR) is 94.7 cm³/mol. The van der Waals surface area contributed by atoms with Gasteiger partial charge in [0.2, 0.25) is 8.32 Å². The second-order valence-electron chi connectivity index (χ2n) is 7.39. The van der Waals surface area contributed by atoms with Gasteiger partial charge in [0.1, 0.15) is 17.7 Å². The molecule has 1 unspecified atom stereocenters. The van der Waals surface area contributed by atoms with Crippen molar-refractivity contribution in [1.29, 1.82) is 0 Å². The van der Waals surface area contributed by atoms with E-state index in [1.165, 1.54) is 12.1 Å². The van der Waals surface area contributed by atoms with E-state index in [0.29, 0.717) is 5.56 Å². The van der Waals surface area contributed by atoms with E-state index in [9.17, 15) is 9.50 Å². The number of aliphatic hydroxyl groups is 1. The number of benzene rings is 2. The van der Waals surface area contributed by atoms with Gasteiger partial charge in [0.05, 0.1) is 0 Å². The summed E-state index contributed by atoms with van der Waals surface area (Å²) in [5.41, 5.74) is 1.27. The van der Waals surface area contributed by atoms with Gasteiger partial charge in [-0.2, -0.15) is 0 Å². The van der Waals surface area contributed by atoms with Crippen LogP contribution in [0.1, 0.15) is 38.0 Å². The normalized spacial score (nSPS) is 13.7. The fraction of sp³-hybridized carbons (Fsp3) is 0.368. The largest absolute Gasteiger partial charge is 0.544 e. The highest BCUT2D eigenvalue weighted by Crippen LogP contribution is 2.37. The molecular weight excluding hydrogens is 307 g/mol. The zero-order valence-electron chi connectivity index (χ0n) is 14.4. The van der Waals surface area contributed by atoms with Crippen LogP contribution in [0.2, 0.25) is 18.1 Å². The first-order valence-corrected chi connectivity index (χ1v) is 10.7. The van der Waals surface area contributed by atoms with Crippen LogP contribution in [-0.2, 0) is 0 Å².